The Kier molecular flexibility index (Phi) is 5.85. The van der Waals surface area contributed by atoms with Gasteiger partial charge in [0, 0.05) is 23.5 Å². The fraction of sp³-hybridized carbons (Fsp3) is 0.400. The number of nitrogens with one attached hydrogen (secondary N) is 1. The first-order valence-electron chi connectivity index (χ1n) is 9.05. The maximum Gasteiger partial charge on any atom is 0.111 e. The first kappa shape index (κ1) is 18.4. The van der Waals surface area contributed by atoms with Gasteiger partial charge in [-0.05, 0) is 32.4 Å². The number of aryl methyl sites for hydroxylation is 1. The summed E-state index contributed by atoms with van der Waals surface area (Å²) in [5.41, 5.74) is 13.8. The fourth-order valence-corrected chi connectivity index (χ4v) is 3.33. The zero-order valence-corrected chi connectivity index (χ0v) is 15.7. The van der Waals surface area contributed by atoms with E-state index in [1.165, 1.54) is 0 Å². The number of pyridine rings is 1. The summed E-state index contributed by atoms with van der Waals surface area (Å²) in [5, 5.41) is 1.14. The zero-order chi connectivity index (χ0) is 18.5. The van der Waals surface area contributed by atoms with Gasteiger partial charge in [0.25, 0.3) is 0 Å². The van der Waals surface area contributed by atoms with Gasteiger partial charge < -0.3 is 10.3 Å². The van der Waals surface area contributed by atoms with Crippen LogP contribution in [0, 0.1) is 0 Å². The number of para-hydroxylation sites is 1. The summed E-state index contributed by atoms with van der Waals surface area (Å²) in [7, 11) is 1.61. The van der Waals surface area contributed by atoms with E-state index in [0.29, 0.717) is 6.54 Å². The Labute approximate surface area is 154 Å². The van der Waals surface area contributed by atoms with Crippen LogP contribution in [0.1, 0.15) is 38.3 Å². The highest BCUT2D eigenvalue weighted by Gasteiger charge is 2.17. The van der Waals surface area contributed by atoms with Crippen molar-refractivity contribution in [2.24, 2.45) is 5.73 Å². The van der Waals surface area contributed by atoms with E-state index in [2.05, 4.69) is 41.2 Å². The van der Waals surface area contributed by atoms with E-state index in [4.69, 9.17) is 20.5 Å². The lowest BCUT2D eigenvalue weighted by Crippen LogP contribution is -2.08. The third kappa shape index (κ3) is 3.71. The second kappa shape index (κ2) is 8.29. The SMILES string of the molecule is CONC(C)=CCCn1cnc2c(C(C)CCN)nc3ccccc3c21. The second-order valence-electron chi connectivity index (χ2n) is 6.61. The van der Waals surface area contributed by atoms with Crippen LogP contribution >= 0.6 is 0 Å². The van der Waals surface area contributed by atoms with E-state index in [-0.39, 0.29) is 5.92 Å². The van der Waals surface area contributed by atoms with Crippen molar-refractivity contribution in [1.82, 2.24) is 20.0 Å². The number of hydroxylamine groups is 1. The van der Waals surface area contributed by atoms with E-state index in [9.17, 15) is 0 Å². The highest BCUT2D eigenvalue weighted by atomic mass is 16.6. The lowest BCUT2D eigenvalue weighted by atomic mass is 10.0. The van der Waals surface area contributed by atoms with E-state index >= 15 is 0 Å². The number of imidazole rings is 1. The van der Waals surface area contributed by atoms with Gasteiger partial charge in [0.05, 0.1) is 30.2 Å². The molecule has 1 atom stereocenters. The summed E-state index contributed by atoms with van der Waals surface area (Å²) >= 11 is 0. The van der Waals surface area contributed by atoms with Gasteiger partial charge in [-0.15, -0.1) is 0 Å². The van der Waals surface area contributed by atoms with Crippen LogP contribution in [-0.4, -0.2) is 28.2 Å². The normalized spacial score (nSPS) is 13.5. The number of allylic oxidation sites excluding steroid dienone is 2. The Morgan fingerprint density at radius 2 is 2.19 bits per heavy atom. The molecule has 0 bridgehead atoms. The standard InChI is InChI=1S/C20H27N5O/c1-14(10-11-21)18-19-20(16-8-4-5-9-17(16)23-18)25(13-22-19)12-6-7-15(2)24-26-3/h4-5,7-9,13-14,24H,6,10-12,21H2,1-3H3. The molecule has 3 N–H and O–H groups in total. The minimum atomic E-state index is 0.281. The Balaban J connectivity index is 2.04. The highest BCUT2D eigenvalue weighted by molar-refractivity contribution is 6.03. The molecular weight excluding hydrogens is 326 g/mol. The maximum absolute atomic E-state index is 5.77. The number of benzene rings is 1. The van der Waals surface area contributed by atoms with Crippen molar-refractivity contribution in [3.63, 3.8) is 0 Å². The summed E-state index contributed by atoms with van der Waals surface area (Å²) in [5.74, 6) is 0.281. The Hall–Kier alpha value is -2.44. The van der Waals surface area contributed by atoms with Crippen LogP contribution in [0.15, 0.2) is 42.4 Å². The molecule has 0 aliphatic heterocycles. The lowest BCUT2D eigenvalue weighted by Gasteiger charge is -2.13. The van der Waals surface area contributed by atoms with Crippen molar-refractivity contribution >= 4 is 21.9 Å². The summed E-state index contributed by atoms with van der Waals surface area (Å²) < 4.78 is 2.22. The number of nitrogens with two attached hydrogens (primary N) is 1. The molecule has 2 heterocycles. The highest BCUT2D eigenvalue weighted by Crippen LogP contribution is 2.30. The van der Waals surface area contributed by atoms with E-state index in [1.54, 1.807) is 7.11 Å². The van der Waals surface area contributed by atoms with Gasteiger partial charge in [0.1, 0.15) is 5.52 Å². The number of nitrogens with zero attached hydrogens (tertiary/aromatic N) is 3. The molecular formula is C20H27N5O. The molecule has 0 radical (unpaired) electrons. The van der Waals surface area contributed by atoms with E-state index in [1.807, 2.05) is 19.3 Å². The third-order valence-electron chi connectivity index (χ3n) is 4.63. The second-order valence-corrected chi connectivity index (χ2v) is 6.61. The van der Waals surface area contributed by atoms with Gasteiger partial charge in [0.2, 0.25) is 0 Å². The van der Waals surface area contributed by atoms with E-state index in [0.717, 1.165) is 52.7 Å². The lowest BCUT2D eigenvalue weighted by molar-refractivity contribution is 0.118. The summed E-state index contributed by atoms with van der Waals surface area (Å²) in [6, 6.07) is 8.27. The molecule has 0 spiro atoms. The molecule has 138 valence electrons. The molecule has 1 unspecified atom stereocenters. The predicted molar refractivity (Wildman–Crippen MR) is 106 cm³/mol. The van der Waals surface area contributed by atoms with Crippen molar-refractivity contribution in [3.05, 3.63) is 48.1 Å². The van der Waals surface area contributed by atoms with Crippen molar-refractivity contribution < 1.29 is 4.84 Å². The van der Waals surface area contributed by atoms with Gasteiger partial charge in [-0.1, -0.05) is 31.2 Å². The average Bonchev–Trinajstić information content (AvgIpc) is 3.06. The Morgan fingerprint density at radius 1 is 1.38 bits per heavy atom. The first-order chi connectivity index (χ1) is 12.7. The first-order valence-corrected chi connectivity index (χ1v) is 9.05. The van der Waals surface area contributed by atoms with Gasteiger partial charge in [-0.2, -0.15) is 0 Å². The third-order valence-corrected chi connectivity index (χ3v) is 4.63. The maximum atomic E-state index is 5.77. The quantitative estimate of drug-likeness (QED) is 0.606. The Bertz CT molecular complexity index is 915. The van der Waals surface area contributed by atoms with Crippen molar-refractivity contribution in [2.45, 2.75) is 39.2 Å². The summed E-state index contributed by atoms with van der Waals surface area (Å²) in [6.07, 6.45) is 5.83. The van der Waals surface area contributed by atoms with Crippen LogP contribution in [-0.2, 0) is 11.4 Å². The van der Waals surface area contributed by atoms with E-state index < -0.39 is 0 Å². The molecule has 6 heteroatoms. The predicted octanol–water partition coefficient (Wildman–Crippen LogP) is 3.48. The zero-order valence-electron chi connectivity index (χ0n) is 15.7. The molecule has 1 aromatic carbocycles. The minimum Gasteiger partial charge on any atom is -0.330 e. The molecule has 0 fully saturated rings. The fourth-order valence-electron chi connectivity index (χ4n) is 3.33. The molecule has 6 nitrogen and oxygen atoms in total. The molecule has 26 heavy (non-hydrogen) atoms. The number of aromatic nitrogens is 3. The van der Waals surface area contributed by atoms with Crippen LogP contribution in [0.2, 0.25) is 0 Å². The molecule has 3 rings (SSSR count). The average molecular weight is 353 g/mol. The molecule has 2 aromatic heterocycles. The van der Waals surface area contributed by atoms with Crippen LogP contribution in [0.4, 0.5) is 0 Å². The van der Waals surface area contributed by atoms with Gasteiger partial charge in [-0.25, -0.2) is 4.98 Å². The molecule has 0 aliphatic rings. The molecule has 0 saturated carbocycles. The summed E-state index contributed by atoms with van der Waals surface area (Å²) in [6.45, 7) is 5.65. The monoisotopic (exact) mass is 353 g/mol. The van der Waals surface area contributed by atoms with Crippen molar-refractivity contribution in [1.29, 1.82) is 0 Å². The summed E-state index contributed by atoms with van der Waals surface area (Å²) in [4.78, 5) is 14.5. The van der Waals surface area contributed by atoms with Crippen LogP contribution < -0.4 is 11.2 Å². The van der Waals surface area contributed by atoms with Crippen LogP contribution in [0.3, 0.4) is 0 Å². The van der Waals surface area contributed by atoms with Crippen LogP contribution in [0.25, 0.3) is 21.9 Å². The Morgan fingerprint density at radius 3 is 2.96 bits per heavy atom. The van der Waals surface area contributed by atoms with Gasteiger partial charge in [-0.3, -0.25) is 15.3 Å². The number of rotatable bonds is 8. The van der Waals surface area contributed by atoms with Crippen LogP contribution in [0.5, 0.6) is 0 Å². The molecule has 0 saturated heterocycles. The smallest absolute Gasteiger partial charge is 0.111 e. The van der Waals surface area contributed by atoms with Crippen molar-refractivity contribution in [3.8, 4) is 0 Å². The minimum absolute atomic E-state index is 0.281. The number of fused-ring (bicyclic) bond motifs is 3. The number of hydrogen-bond acceptors (Lipinski definition) is 5. The molecule has 0 aliphatic carbocycles. The number of hydrogen-bond donors (Lipinski definition) is 2. The van der Waals surface area contributed by atoms with Gasteiger partial charge >= 0.3 is 0 Å². The molecule has 0 amide bonds. The molecule has 3 aromatic rings. The largest absolute Gasteiger partial charge is 0.330 e. The van der Waals surface area contributed by atoms with Gasteiger partial charge in [0.15, 0.2) is 0 Å². The topological polar surface area (TPSA) is 78.0 Å². The van der Waals surface area contributed by atoms with Crippen molar-refractivity contribution in [2.75, 3.05) is 13.7 Å².